The fourth-order valence-electron chi connectivity index (χ4n) is 3.72. The second kappa shape index (κ2) is 8.26. The van der Waals surface area contributed by atoms with Gasteiger partial charge < -0.3 is 4.90 Å². The Morgan fingerprint density at radius 2 is 2.04 bits per heavy atom. The first-order valence-corrected chi connectivity index (χ1v) is 11.0. The molecule has 0 spiro atoms. The van der Waals surface area contributed by atoms with E-state index in [9.17, 15) is 4.79 Å². The number of nitrogens with zero attached hydrogens (tertiary/aromatic N) is 2. The summed E-state index contributed by atoms with van der Waals surface area (Å²) in [6.07, 6.45) is 2.39. The van der Waals surface area contributed by atoms with Gasteiger partial charge in [0.1, 0.15) is 5.37 Å². The van der Waals surface area contributed by atoms with Crippen molar-refractivity contribution in [2.45, 2.75) is 37.7 Å². The van der Waals surface area contributed by atoms with Crippen LogP contribution in [0.5, 0.6) is 0 Å². The lowest BCUT2D eigenvalue weighted by molar-refractivity contribution is -0.132. The highest BCUT2D eigenvalue weighted by atomic mass is 35.5. The van der Waals surface area contributed by atoms with E-state index in [0.717, 1.165) is 29.4 Å². The topological polar surface area (TPSA) is 23.6 Å². The Bertz CT molecular complexity index is 823. The molecule has 2 fully saturated rings. The van der Waals surface area contributed by atoms with E-state index in [2.05, 4.69) is 36.1 Å². The predicted octanol–water partition coefficient (Wildman–Crippen LogP) is 4.89. The molecule has 5 heteroatoms. The minimum atomic E-state index is 0.0335. The number of rotatable bonds is 6. The monoisotopic (exact) mass is 400 g/mol. The van der Waals surface area contributed by atoms with Crippen LogP contribution in [-0.2, 0) is 11.3 Å². The fourth-order valence-corrected chi connectivity index (χ4v) is 5.34. The smallest absolute Gasteiger partial charge is 0.237 e. The molecule has 2 aromatic carbocycles. The van der Waals surface area contributed by atoms with E-state index in [4.69, 9.17) is 11.6 Å². The molecular formula is C22H25ClN2OS. The van der Waals surface area contributed by atoms with Crippen LogP contribution in [0.3, 0.4) is 0 Å². The first-order valence-electron chi connectivity index (χ1n) is 9.57. The molecule has 0 radical (unpaired) electrons. The third-order valence-corrected chi connectivity index (χ3v) is 6.84. The summed E-state index contributed by atoms with van der Waals surface area (Å²) in [5.41, 5.74) is 3.60. The number of halogens is 1. The molecule has 1 saturated carbocycles. The van der Waals surface area contributed by atoms with E-state index < -0.39 is 0 Å². The van der Waals surface area contributed by atoms with Crippen LogP contribution in [0, 0.1) is 6.92 Å². The Labute approximate surface area is 170 Å². The lowest BCUT2D eigenvalue weighted by atomic mass is 10.1. The Morgan fingerprint density at radius 3 is 2.78 bits per heavy atom. The van der Waals surface area contributed by atoms with Crippen LogP contribution in [0.25, 0.3) is 0 Å². The van der Waals surface area contributed by atoms with Crippen molar-refractivity contribution in [1.29, 1.82) is 0 Å². The van der Waals surface area contributed by atoms with Gasteiger partial charge in [0.25, 0.3) is 0 Å². The Balaban J connectivity index is 1.47. The molecule has 2 aromatic rings. The fraction of sp³-hybridized carbons (Fsp3) is 0.409. The van der Waals surface area contributed by atoms with Gasteiger partial charge in [-0.2, -0.15) is 0 Å². The molecule has 27 heavy (non-hydrogen) atoms. The lowest BCUT2D eigenvalue weighted by Crippen LogP contribution is -2.40. The number of amides is 1. The van der Waals surface area contributed by atoms with Crippen LogP contribution in [0.1, 0.15) is 34.9 Å². The summed E-state index contributed by atoms with van der Waals surface area (Å²) in [5.74, 6) is 1.17. The number of carbonyl (C=O) groups excluding carboxylic acids is 1. The van der Waals surface area contributed by atoms with Crippen LogP contribution in [0.2, 0.25) is 5.02 Å². The molecule has 4 rings (SSSR count). The number of hydrogen-bond donors (Lipinski definition) is 0. The van der Waals surface area contributed by atoms with Crippen molar-refractivity contribution in [2.24, 2.45) is 0 Å². The van der Waals surface area contributed by atoms with E-state index in [1.54, 1.807) is 11.8 Å². The maximum atomic E-state index is 13.2. The molecule has 142 valence electrons. The zero-order valence-corrected chi connectivity index (χ0v) is 17.2. The van der Waals surface area contributed by atoms with Crippen LogP contribution in [0.4, 0.5) is 0 Å². The Kier molecular flexibility index (Phi) is 5.76. The molecule has 2 aliphatic rings. The molecular weight excluding hydrogens is 376 g/mol. The zero-order chi connectivity index (χ0) is 18.8. The first kappa shape index (κ1) is 18.9. The number of thioether (sulfide) groups is 1. The van der Waals surface area contributed by atoms with Gasteiger partial charge in [0.2, 0.25) is 5.91 Å². The van der Waals surface area contributed by atoms with Crippen LogP contribution >= 0.6 is 23.4 Å². The van der Waals surface area contributed by atoms with Gasteiger partial charge in [-0.1, -0.05) is 59.6 Å². The van der Waals surface area contributed by atoms with Crippen molar-refractivity contribution in [3.63, 3.8) is 0 Å². The van der Waals surface area contributed by atoms with Gasteiger partial charge in [-0.25, -0.2) is 0 Å². The molecule has 1 amide bonds. The second-order valence-corrected chi connectivity index (χ2v) is 9.05. The molecule has 1 saturated heterocycles. The van der Waals surface area contributed by atoms with E-state index in [-0.39, 0.29) is 11.3 Å². The maximum absolute atomic E-state index is 13.2. The maximum Gasteiger partial charge on any atom is 0.237 e. The Hall–Kier alpha value is -1.49. The normalized spacial score (nSPS) is 19.7. The molecule has 1 unspecified atom stereocenters. The molecule has 3 nitrogen and oxygen atoms in total. The summed E-state index contributed by atoms with van der Waals surface area (Å²) >= 11 is 8.21. The number of hydrogen-bond acceptors (Lipinski definition) is 3. The highest BCUT2D eigenvalue weighted by Gasteiger charge is 2.35. The van der Waals surface area contributed by atoms with Gasteiger partial charge in [0.05, 0.1) is 6.54 Å². The Morgan fingerprint density at radius 1 is 1.22 bits per heavy atom. The summed E-state index contributed by atoms with van der Waals surface area (Å²) < 4.78 is 0. The average molecular weight is 401 g/mol. The zero-order valence-electron chi connectivity index (χ0n) is 15.6. The molecule has 1 aliphatic carbocycles. The summed E-state index contributed by atoms with van der Waals surface area (Å²) in [5, 5.41) is 0.778. The van der Waals surface area contributed by atoms with Crippen LogP contribution in [0.15, 0.2) is 48.5 Å². The minimum absolute atomic E-state index is 0.0335. The van der Waals surface area contributed by atoms with Crippen molar-refractivity contribution in [3.05, 3.63) is 70.2 Å². The standard InChI is InChI=1S/C22H25ClN2OS/c1-16-5-4-6-17(13-16)14-24(18-9-10-18)15-21(26)25-11-12-27-22(25)19-7-2-3-8-20(19)23/h2-8,13,18,22H,9-12,14-15H2,1H3. The average Bonchev–Trinajstić information content (AvgIpc) is 3.38. The highest BCUT2D eigenvalue weighted by molar-refractivity contribution is 7.99. The molecule has 1 heterocycles. The van der Waals surface area contributed by atoms with Gasteiger partial charge in [0, 0.05) is 35.5 Å². The van der Waals surface area contributed by atoms with E-state index in [0.29, 0.717) is 12.6 Å². The van der Waals surface area contributed by atoms with Crippen molar-refractivity contribution >= 4 is 29.3 Å². The van der Waals surface area contributed by atoms with Gasteiger partial charge in [-0.3, -0.25) is 9.69 Å². The summed E-state index contributed by atoms with van der Waals surface area (Å²) in [7, 11) is 0. The molecule has 0 bridgehead atoms. The number of aryl methyl sites for hydroxylation is 1. The quantitative estimate of drug-likeness (QED) is 0.689. The van der Waals surface area contributed by atoms with Crippen LogP contribution in [-0.4, -0.2) is 40.6 Å². The van der Waals surface area contributed by atoms with Gasteiger partial charge >= 0.3 is 0 Å². The highest BCUT2D eigenvalue weighted by Crippen LogP contribution is 2.41. The largest absolute Gasteiger partial charge is 0.325 e. The number of benzene rings is 2. The van der Waals surface area contributed by atoms with E-state index >= 15 is 0 Å². The first-order chi connectivity index (χ1) is 13.1. The predicted molar refractivity (Wildman–Crippen MR) is 113 cm³/mol. The summed E-state index contributed by atoms with van der Waals surface area (Å²) in [4.78, 5) is 17.5. The second-order valence-electron chi connectivity index (χ2n) is 7.46. The van der Waals surface area contributed by atoms with E-state index in [1.165, 1.54) is 24.0 Å². The lowest BCUT2D eigenvalue weighted by Gasteiger charge is -2.29. The van der Waals surface area contributed by atoms with Crippen molar-refractivity contribution in [2.75, 3.05) is 18.8 Å². The van der Waals surface area contributed by atoms with E-state index in [1.807, 2.05) is 29.2 Å². The van der Waals surface area contributed by atoms with Gasteiger partial charge in [-0.15, -0.1) is 11.8 Å². The third-order valence-electron chi connectivity index (χ3n) is 5.25. The van der Waals surface area contributed by atoms with Crippen molar-refractivity contribution < 1.29 is 4.79 Å². The summed E-state index contributed by atoms with van der Waals surface area (Å²) in [6, 6.07) is 17.0. The number of carbonyl (C=O) groups is 1. The third kappa shape index (κ3) is 4.50. The molecule has 1 atom stereocenters. The van der Waals surface area contributed by atoms with Crippen molar-refractivity contribution in [3.8, 4) is 0 Å². The minimum Gasteiger partial charge on any atom is -0.325 e. The molecule has 0 aromatic heterocycles. The SMILES string of the molecule is Cc1cccc(CN(CC(=O)N2CCSC2c2ccccc2Cl)C2CC2)c1. The van der Waals surface area contributed by atoms with Gasteiger partial charge in [0.15, 0.2) is 0 Å². The van der Waals surface area contributed by atoms with Gasteiger partial charge in [-0.05, 0) is 31.4 Å². The molecule has 1 aliphatic heterocycles. The van der Waals surface area contributed by atoms with Crippen LogP contribution < -0.4 is 0 Å². The molecule has 0 N–H and O–H groups in total. The van der Waals surface area contributed by atoms with Crippen molar-refractivity contribution in [1.82, 2.24) is 9.80 Å². The summed E-state index contributed by atoms with van der Waals surface area (Å²) in [6.45, 7) is 4.24.